The lowest BCUT2D eigenvalue weighted by Crippen LogP contribution is -2.28. The number of fused-ring (bicyclic) bond motifs is 1. The van der Waals surface area contributed by atoms with Crippen LogP contribution in [0.1, 0.15) is 35.5 Å². The molecule has 2 heterocycles. The first-order chi connectivity index (χ1) is 13.5. The Balaban J connectivity index is 1.46. The van der Waals surface area contributed by atoms with Crippen LogP contribution < -0.4 is 10.2 Å². The Bertz CT molecular complexity index is 948. The third-order valence-corrected chi connectivity index (χ3v) is 5.08. The van der Waals surface area contributed by atoms with E-state index in [9.17, 15) is 4.79 Å². The molecule has 0 unspecified atom stereocenters. The normalized spacial score (nSPS) is 11.0. The minimum Gasteiger partial charge on any atom is -0.375 e. The summed E-state index contributed by atoms with van der Waals surface area (Å²) in [5.41, 5.74) is 6.15. The fourth-order valence-electron chi connectivity index (χ4n) is 3.49. The van der Waals surface area contributed by atoms with Crippen LogP contribution in [0.2, 0.25) is 0 Å². The fraction of sp³-hybridized carbons (Fsp3) is 0.409. The van der Waals surface area contributed by atoms with Crippen LogP contribution in [0.3, 0.4) is 0 Å². The van der Waals surface area contributed by atoms with Crippen molar-refractivity contribution in [3.63, 3.8) is 0 Å². The molecule has 0 fully saturated rings. The second kappa shape index (κ2) is 8.87. The molecule has 6 heteroatoms. The maximum atomic E-state index is 12.3. The number of aryl methyl sites for hydroxylation is 3. The van der Waals surface area contributed by atoms with Gasteiger partial charge in [-0.1, -0.05) is 18.2 Å². The van der Waals surface area contributed by atoms with Gasteiger partial charge in [0.2, 0.25) is 5.91 Å². The van der Waals surface area contributed by atoms with Crippen LogP contribution in [0, 0.1) is 20.8 Å². The van der Waals surface area contributed by atoms with Gasteiger partial charge in [-0.15, -0.1) is 0 Å². The summed E-state index contributed by atoms with van der Waals surface area (Å²) in [4.78, 5) is 19.1. The Kier molecular flexibility index (Phi) is 6.29. The van der Waals surface area contributed by atoms with E-state index in [4.69, 9.17) is 0 Å². The highest BCUT2D eigenvalue weighted by Gasteiger charge is 2.12. The van der Waals surface area contributed by atoms with Crippen molar-refractivity contribution in [1.29, 1.82) is 0 Å². The molecule has 0 spiro atoms. The van der Waals surface area contributed by atoms with E-state index in [0.29, 0.717) is 19.4 Å². The van der Waals surface area contributed by atoms with Crippen LogP contribution in [-0.4, -0.2) is 40.6 Å². The number of carbonyl (C=O) groups excluding carboxylic acids is 1. The van der Waals surface area contributed by atoms with Crippen LogP contribution >= 0.6 is 0 Å². The molecule has 28 heavy (non-hydrogen) atoms. The number of benzene rings is 1. The summed E-state index contributed by atoms with van der Waals surface area (Å²) < 4.78 is 1.87. The van der Waals surface area contributed by atoms with Crippen molar-refractivity contribution >= 4 is 17.2 Å². The molecule has 0 saturated heterocycles. The zero-order valence-corrected chi connectivity index (χ0v) is 17.2. The predicted molar refractivity (Wildman–Crippen MR) is 113 cm³/mol. The molecule has 1 amide bonds. The molecule has 1 aromatic carbocycles. The monoisotopic (exact) mass is 379 g/mol. The molecule has 3 rings (SSSR count). The second-order valence-corrected chi connectivity index (χ2v) is 7.28. The number of amides is 1. The van der Waals surface area contributed by atoms with E-state index in [0.717, 1.165) is 41.3 Å². The topological polar surface area (TPSA) is 62.5 Å². The van der Waals surface area contributed by atoms with E-state index in [2.05, 4.69) is 39.5 Å². The molecular weight excluding hydrogens is 350 g/mol. The van der Waals surface area contributed by atoms with Crippen molar-refractivity contribution in [2.75, 3.05) is 25.0 Å². The van der Waals surface area contributed by atoms with Crippen LogP contribution in [0.15, 0.2) is 36.4 Å². The first-order valence-electron chi connectivity index (χ1n) is 9.81. The molecular formula is C22H29N5O. The van der Waals surface area contributed by atoms with Gasteiger partial charge in [0, 0.05) is 49.7 Å². The van der Waals surface area contributed by atoms with Gasteiger partial charge >= 0.3 is 0 Å². The molecule has 1 N–H and O–H groups in total. The lowest BCUT2D eigenvalue weighted by Gasteiger charge is -2.19. The maximum absolute atomic E-state index is 12.3. The van der Waals surface area contributed by atoms with Gasteiger partial charge in [-0.3, -0.25) is 4.79 Å². The summed E-state index contributed by atoms with van der Waals surface area (Å²) in [5, 5.41) is 7.52. The lowest BCUT2D eigenvalue weighted by molar-refractivity contribution is -0.121. The molecule has 0 aliphatic carbocycles. The number of aromatic nitrogens is 3. The Labute approximate surface area is 166 Å². The third-order valence-electron chi connectivity index (χ3n) is 5.08. The highest BCUT2D eigenvalue weighted by molar-refractivity contribution is 5.76. The Morgan fingerprint density at radius 2 is 1.93 bits per heavy atom. The summed E-state index contributed by atoms with van der Waals surface area (Å²) in [6.45, 7) is 7.60. The fourth-order valence-corrected chi connectivity index (χ4v) is 3.49. The summed E-state index contributed by atoms with van der Waals surface area (Å²) in [5.74, 6) is 0.0814. The van der Waals surface area contributed by atoms with Crippen molar-refractivity contribution in [3.05, 3.63) is 59.0 Å². The van der Waals surface area contributed by atoms with Gasteiger partial charge in [-0.05, 0) is 51.3 Å². The van der Waals surface area contributed by atoms with Gasteiger partial charge in [-0.25, -0.2) is 9.50 Å². The zero-order chi connectivity index (χ0) is 20.1. The molecule has 3 aromatic rings. The highest BCUT2D eigenvalue weighted by Crippen LogP contribution is 2.17. The summed E-state index contributed by atoms with van der Waals surface area (Å²) >= 11 is 0. The Hall–Kier alpha value is -2.89. The lowest BCUT2D eigenvalue weighted by atomic mass is 10.1. The van der Waals surface area contributed by atoms with Crippen molar-refractivity contribution in [2.45, 2.75) is 40.0 Å². The van der Waals surface area contributed by atoms with E-state index in [1.54, 1.807) is 0 Å². The van der Waals surface area contributed by atoms with Gasteiger partial charge in [0.1, 0.15) is 0 Å². The molecule has 6 nitrogen and oxygen atoms in total. The SMILES string of the molecule is Cc1cc2nc(C)c(CCC(=O)NCCCN(C)c3ccccc3)c(C)n2n1. The number of anilines is 1. The van der Waals surface area contributed by atoms with E-state index in [-0.39, 0.29) is 5.91 Å². The second-order valence-electron chi connectivity index (χ2n) is 7.28. The summed E-state index contributed by atoms with van der Waals surface area (Å²) in [6.07, 6.45) is 2.05. The molecule has 0 bridgehead atoms. The van der Waals surface area contributed by atoms with Crippen LogP contribution in [0.4, 0.5) is 5.69 Å². The van der Waals surface area contributed by atoms with E-state index < -0.39 is 0 Å². The molecule has 0 aliphatic rings. The van der Waals surface area contributed by atoms with Gasteiger partial charge in [0.15, 0.2) is 5.65 Å². The van der Waals surface area contributed by atoms with Crippen molar-refractivity contribution in [2.24, 2.45) is 0 Å². The quantitative estimate of drug-likeness (QED) is 0.611. The van der Waals surface area contributed by atoms with Crippen molar-refractivity contribution in [3.8, 4) is 0 Å². The van der Waals surface area contributed by atoms with Gasteiger partial charge in [0.25, 0.3) is 0 Å². The average molecular weight is 380 g/mol. The van der Waals surface area contributed by atoms with Gasteiger partial charge in [-0.2, -0.15) is 5.10 Å². The first-order valence-corrected chi connectivity index (χ1v) is 9.81. The van der Waals surface area contributed by atoms with Crippen LogP contribution in [0.25, 0.3) is 5.65 Å². The molecule has 0 saturated carbocycles. The number of nitrogens with one attached hydrogen (secondary N) is 1. The Morgan fingerprint density at radius 1 is 1.18 bits per heavy atom. The summed E-state index contributed by atoms with van der Waals surface area (Å²) in [6, 6.07) is 12.2. The number of para-hydroxylation sites is 1. The van der Waals surface area contributed by atoms with Crippen molar-refractivity contribution < 1.29 is 4.79 Å². The largest absolute Gasteiger partial charge is 0.375 e. The number of carbonyl (C=O) groups is 1. The minimum absolute atomic E-state index is 0.0814. The number of nitrogens with zero attached hydrogens (tertiary/aromatic N) is 4. The van der Waals surface area contributed by atoms with Gasteiger partial charge < -0.3 is 10.2 Å². The standard InChI is InChI=1S/C22H29N5O/c1-16-15-21-24-17(2)20(18(3)27(21)25-16)11-12-22(28)23-13-8-14-26(4)19-9-6-5-7-10-19/h5-7,9-10,15H,8,11-14H2,1-4H3,(H,23,28). The number of hydrogen-bond acceptors (Lipinski definition) is 4. The molecule has 0 aliphatic heterocycles. The molecule has 2 aromatic heterocycles. The highest BCUT2D eigenvalue weighted by atomic mass is 16.1. The third kappa shape index (κ3) is 4.68. The molecule has 0 atom stereocenters. The van der Waals surface area contributed by atoms with Crippen LogP contribution in [-0.2, 0) is 11.2 Å². The number of hydrogen-bond donors (Lipinski definition) is 1. The van der Waals surface area contributed by atoms with Crippen LogP contribution in [0.5, 0.6) is 0 Å². The molecule has 0 radical (unpaired) electrons. The molecule has 148 valence electrons. The van der Waals surface area contributed by atoms with Gasteiger partial charge in [0.05, 0.1) is 5.69 Å². The minimum atomic E-state index is 0.0814. The summed E-state index contributed by atoms with van der Waals surface area (Å²) in [7, 11) is 2.07. The zero-order valence-electron chi connectivity index (χ0n) is 17.2. The number of rotatable bonds is 8. The first kappa shape index (κ1) is 19.9. The predicted octanol–water partition coefficient (Wildman–Crippen LogP) is 3.23. The van der Waals surface area contributed by atoms with Crippen molar-refractivity contribution in [1.82, 2.24) is 19.9 Å². The Morgan fingerprint density at radius 3 is 2.68 bits per heavy atom. The average Bonchev–Trinajstić information content (AvgIpc) is 3.06. The smallest absolute Gasteiger partial charge is 0.220 e. The van der Waals surface area contributed by atoms with E-state index in [1.807, 2.05) is 49.6 Å². The van der Waals surface area contributed by atoms with E-state index in [1.165, 1.54) is 5.69 Å². The van der Waals surface area contributed by atoms with E-state index >= 15 is 0 Å². The maximum Gasteiger partial charge on any atom is 0.220 e.